The molecule has 0 radical (unpaired) electrons. The van der Waals surface area contributed by atoms with Crippen molar-refractivity contribution >= 4 is 30.0 Å². The van der Waals surface area contributed by atoms with Gasteiger partial charge in [-0.05, 0) is 38.4 Å². The highest BCUT2D eigenvalue weighted by atomic mass is 31.2. The number of aliphatic hydroxyl groups is 2. The van der Waals surface area contributed by atoms with Gasteiger partial charge >= 0.3 is 0 Å². The summed E-state index contributed by atoms with van der Waals surface area (Å²) in [4.78, 5) is 9.09. The number of pyridine rings is 1. The maximum atomic E-state index is 10.7. The Hall–Kier alpha value is -1.40. The molecular weight excluding hydrogens is 363 g/mol. The van der Waals surface area contributed by atoms with Crippen LogP contribution < -0.4 is 5.73 Å². The molecule has 1 aliphatic heterocycles. The summed E-state index contributed by atoms with van der Waals surface area (Å²) in [6, 6.07) is 1.72. The number of nitrogen functional groups attached to an aromatic ring is 1. The van der Waals surface area contributed by atoms with Gasteiger partial charge in [0, 0.05) is 12.6 Å². The van der Waals surface area contributed by atoms with Crippen LogP contribution in [-0.4, -0.2) is 68.9 Å². The summed E-state index contributed by atoms with van der Waals surface area (Å²) < 4.78 is 7.95. The third-order valence-corrected chi connectivity index (χ3v) is 6.52. The molecule has 27 heavy (non-hydrogen) atoms. The maximum absolute atomic E-state index is 10.7. The van der Waals surface area contributed by atoms with Crippen molar-refractivity contribution in [2.45, 2.75) is 57.1 Å². The molecule has 2 aromatic heterocycles. The molecule has 3 heterocycles. The topological polar surface area (TPSA) is 106 Å². The Morgan fingerprint density at radius 2 is 2.07 bits per heavy atom. The van der Waals surface area contributed by atoms with Gasteiger partial charge in [-0.15, -0.1) is 13.2 Å². The van der Waals surface area contributed by atoms with E-state index >= 15 is 0 Å². The van der Waals surface area contributed by atoms with E-state index in [0.717, 1.165) is 31.2 Å². The van der Waals surface area contributed by atoms with Gasteiger partial charge < -0.3 is 20.7 Å². The predicted octanol–water partition coefficient (Wildman–Crippen LogP) is 2.07. The molecule has 0 aromatic carbocycles. The van der Waals surface area contributed by atoms with Crippen LogP contribution in [0, 0.1) is 0 Å². The smallest absolute Gasteiger partial charge is 0.165 e. The molecule has 4 atom stereocenters. The summed E-state index contributed by atoms with van der Waals surface area (Å²) in [5.41, 5.74) is 7.82. The molecular formula is C19H31N4O3P. The Kier molecular flexibility index (Phi) is 5.96. The van der Waals surface area contributed by atoms with E-state index in [1.807, 2.05) is 4.57 Å². The lowest BCUT2D eigenvalue weighted by atomic mass is 10.1. The first-order chi connectivity index (χ1) is 12.7. The quantitative estimate of drug-likeness (QED) is 0.621. The molecule has 0 amide bonds. The van der Waals surface area contributed by atoms with E-state index in [2.05, 4.69) is 36.5 Å². The third kappa shape index (κ3) is 4.21. The number of rotatable bonds is 7. The molecule has 0 bridgehead atoms. The van der Waals surface area contributed by atoms with Crippen molar-refractivity contribution in [1.29, 1.82) is 0 Å². The van der Waals surface area contributed by atoms with Crippen LogP contribution in [0.3, 0.4) is 0 Å². The Labute approximate surface area is 160 Å². The first kappa shape index (κ1) is 20.3. The largest absolute Gasteiger partial charge is 0.397 e. The van der Waals surface area contributed by atoms with Gasteiger partial charge in [0.15, 0.2) is 11.9 Å². The summed E-state index contributed by atoms with van der Waals surface area (Å²) in [5, 5.41) is 21.3. The minimum absolute atomic E-state index is 0.427. The van der Waals surface area contributed by atoms with Gasteiger partial charge in [0.2, 0.25) is 0 Å². The second kappa shape index (κ2) is 7.92. The van der Waals surface area contributed by atoms with Crippen molar-refractivity contribution in [3.05, 3.63) is 18.1 Å². The van der Waals surface area contributed by atoms with Gasteiger partial charge in [-0.3, -0.25) is 4.57 Å². The number of aromatic nitrogens is 3. The average molecular weight is 394 g/mol. The number of hydrogen-bond acceptors (Lipinski definition) is 6. The lowest BCUT2D eigenvalue weighted by molar-refractivity contribution is -0.0368. The summed E-state index contributed by atoms with van der Waals surface area (Å²) in [5.74, 6) is 0.777. The van der Waals surface area contributed by atoms with Crippen LogP contribution in [0.4, 0.5) is 5.69 Å². The van der Waals surface area contributed by atoms with Crippen LogP contribution in [0.15, 0.2) is 12.3 Å². The van der Waals surface area contributed by atoms with Crippen LogP contribution in [0.2, 0.25) is 0 Å². The third-order valence-electron chi connectivity index (χ3n) is 5.05. The standard InChI is InChI=1S/C19H31N4O3P/c1-5-6-7-14-22-15-12(20)8-10-21-18(15)23(14)19-17(25)16(24)13(26-19)9-11-27(2,3)4/h8,10,13,16-17,19,24-25H,2,5-7,9,11H2,1,3-4H3,(H2,20,21)/t13-,16-,17-,19-/m1/s1. The molecule has 1 aliphatic rings. The van der Waals surface area contributed by atoms with Crippen LogP contribution in [0.5, 0.6) is 0 Å². The molecule has 2 aromatic rings. The SMILES string of the molecule is C=P(C)(C)CC[C@H]1O[C@@H](n2c(CCCC)nc3c(N)ccnc32)[C@H](O)[C@@H]1O. The van der Waals surface area contributed by atoms with Crippen molar-refractivity contribution in [1.82, 2.24) is 14.5 Å². The Morgan fingerprint density at radius 3 is 2.74 bits per heavy atom. The fourth-order valence-corrected chi connectivity index (χ4v) is 4.44. The number of aryl methyl sites for hydroxylation is 1. The monoisotopic (exact) mass is 394 g/mol. The molecule has 0 saturated carbocycles. The maximum Gasteiger partial charge on any atom is 0.165 e. The van der Waals surface area contributed by atoms with Crippen LogP contribution in [-0.2, 0) is 11.2 Å². The fourth-order valence-electron chi connectivity index (χ4n) is 3.49. The number of fused-ring (bicyclic) bond motifs is 1. The van der Waals surface area contributed by atoms with Gasteiger partial charge in [-0.25, -0.2) is 9.97 Å². The van der Waals surface area contributed by atoms with Gasteiger partial charge in [-0.1, -0.05) is 13.3 Å². The molecule has 0 aliphatic carbocycles. The van der Waals surface area contributed by atoms with Gasteiger partial charge in [0.1, 0.15) is 23.5 Å². The van der Waals surface area contributed by atoms with E-state index in [4.69, 9.17) is 10.5 Å². The molecule has 0 unspecified atom stereocenters. The number of ether oxygens (including phenoxy) is 1. The van der Waals surface area contributed by atoms with Crippen molar-refractivity contribution in [3.63, 3.8) is 0 Å². The number of nitrogens with zero attached hydrogens (tertiary/aromatic N) is 3. The highest BCUT2D eigenvalue weighted by molar-refractivity contribution is 7.72. The summed E-state index contributed by atoms with van der Waals surface area (Å²) in [7, 11) is 0. The second-order valence-electron chi connectivity index (χ2n) is 8.07. The second-order valence-corrected chi connectivity index (χ2v) is 12.4. The number of unbranched alkanes of at least 4 members (excludes halogenated alkanes) is 1. The molecule has 4 N–H and O–H groups in total. The zero-order valence-electron chi connectivity index (χ0n) is 16.4. The molecule has 8 heteroatoms. The van der Waals surface area contributed by atoms with Crippen LogP contribution in [0.1, 0.15) is 38.2 Å². The zero-order chi connectivity index (χ0) is 19.8. The predicted molar refractivity (Wildman–Crippen MR) is 112 cm³/mol. The molecule has 150 valence electrons. The minimum Gasteiger partial charge on any atom is -0.397 e. The first-order valence-corrected chi connectivity index (χ1v) is 12.6. The van der Waals surface area contributed by atoms with Gasteiger partial charge in [-0.2, -0.15) is 0 Å². The Bertz CT molecular complexity index is 847. The van der Waals surface area contributed by atoms with E-state index in [1.54, 1.807) is 12.3 Å². The van der Waals surface area contributed by atoms with Gasteiger partial charge in [0.05, 0.1) is 11.8 Å². The Morgan fingerprint density at radius 1 is 1.33 bits per heavy atom. The highest BCUT2D eigenvalue weighted by Crippen LogP contribution is 2.40. The van der Waals surface area contributed by atoms with Crippen molar-refractivity contribution in [2.24, 2.45) is 0 Å². The lowest BCUT2D eigenvalue weighted by Gasteiger charge is -2.20. The molecule has 3 rings (SSSR count). The minimum atomic E-state index is -1.24. The van der Waals surface area contributed by atoms with Crippen LogP contribution in [0.25, 0.3) is 11.2 Å². The molecule has 1 saturated heterocycles. The van der Waals surface area contributed by atoms with E-state index in [-0.39, 0.29) is 0 Å². The van der Waals surface area contributed by atoms with Crippen molar-refractivity contribution < 1.29 is 14.9 Å². The molecule has 1 fully saturated rings. The molecule has 0 spiro atoms. The zero-order valence-corrected chi connectivity index (χ0v) is 17.3. The highest BCUT2D eigenvalue weighted by Gasteiger charge is 2.44. The number of imidazole rings is 1. The first-order valence-electron chi connectivity index (χ1n) is 9.53. The summed E-state index contributed by atoms with van der Waals surface area (Å²) >= 11 is 0. The van der Waals surface area contributed by atoms with E-state index in [0.29, 0.717) is 23.3 Å². The number of anilines is 1. The normalized spacial score (nSPS) is 26.1. The number of nitrogens with two attached hydrogens (primary N) is 1. The molecule has 7 nitrogen and oxygen atoms in total. The Balaban J connectivity index is 1.95. The van der Waals surface area contributed by atoms with E-state index < -0.39 is 31.4 Å². The van der Waals surface area contributed by atoms with E-state index in [1.165, 1.54) is 0 Å². The van der Waals surface area contributed by atoms with Crippen molar-refractivity contribution in [2.75, 3.05) is 25.2 Å². The average Bonchev–Trinajstić information content (AvgIpc) is 3.10. The fraction of sp³-hybridized carbons (Fsp3) is 0.632. The lowest BCUT2D eigenvalue weighted by Crippen LogP contribution is -2.32. The number of hydrogen-bond donors (Lipinski definition) is 3. The van der Waals surface area contributed by atoms with Crippen LogP contribution >= 0.6 is 6.89 Å². The van der Waals surface area contributed by atoms with E-state index in [9.17, 15) is 10.2 Å². The van der Waals surface area contributed by atoms with Crippen molar-refractivity contribution in [3.8, 4) is 0 Å². The van der Waals surface area contributed by atoms with Gasteiger partial charge in [0.25, 0.3) is 0 Å². The number of aliphatic hydroxyl groups excluding tert-OH is 2. The summed E-state index contributed by atoms with van der Waals surface area (Å²) in [6.07, 6.45) is 6.99. The summed E-state index contributed by atoms with van der Waals surface area (Å²) in [6.45, 7) is 5.19.